The van der Waals surface area contributed by atoms with E-state index in [1.807, 2.05) is 35.2 Å². The minimum absolute atomic E-state index is 0.0596. The van der Waals surface area contributed by atoms with Crippen molar-refractivity contribution in [2.75, 3.05) is 33.4 Å². The van der Waals surface area contributed by atoms with Gasteiger partial charge in [0.05, 0.1) is 30.7 Å². The zero-order valence-corrected chi connectivity index (χ0v) is 16.1. The van der Waals surface area contributed by atoms with Gasteiger partial charge in [0.15, 0.2) is 0 Å². The van der Waals surface area contributed by atoms with E-state index in [0.717, 1.165) is 37.3 Å². The van der Waals surface area contributed by atoms with Gasteiger partial charge in [-0.1, -0.05) is 12.1 Å². The summed E-state index contributed by atoms with van der Waals surface area (Å²) in [6, 6.07) is 13.8. The number of amides is 1. The van der Waals surface area contributed by atoms with Gasteiger partial charge in [0.25, 0.3) is 0 Å². The van der Waals surface area contributed by atoms with Gasteiger partial charge in [-0.3, -0.25) is 9.69 Å². The van der Waals surface area contributed by atoms with Crippen LogP contribution in [0.25, 0.3) is 11.3 Å². The number of nitrogens with zero attached hydrogens (tertiary/aromatic N) is 3. The molecular weight excluding hydrogens is 354 g/mol. The first kappa shape index (κ1) is 18.7. The van der Waals surface area contributed by atoms with Crippen LogP contribution < -0.4 is 0 Å². The van der Waals surface area contributed by atoms with Crippen LogP contribution in [0.1, 0.15) is 24.2 Å². The van der Waals surface area contributed by atoms with E-state index < -0.39 is 0 Å². The van der Waals surface area contributed by atoms with Gasteiger partial charge in [0.2, 0.25) is 5.91 Å². The maximum absolute atomic E-state index is 12.8. The molecule has 0 saturated carbocycles. The van der Waals surface area contributed by atoms with Gasteiger partial charge in [0.1, 0.15) is 11.5 Å². The average molecular weight is 379 g/mol. The number of carbonyl (C=O) groups is 1. The fraction of sp³-hybridized carbons (Fsp3) is 0.455. The number of ether oxygens (including phenoxy) is 1. The molecule has 0 unspecified atom stereocenters. The smallest absolute Gasteiger partial charge is 0.227 e. The highest BCUT2D eigenvalue weighted by Gasteiger charge is 2.40. The van der Waals surface area contributed by atoms with Gasteiger partial charge >= 0.3 is 0 Å². The molecule has 3 aliphatic rings. The Kier molecular flexibility index (Phi) is 5.47. The van der Waals surface area contributed by atoms with Gasteiger partial charge in [-0.15, -0.1) is 0 Å². The lowest BCUT2D eigenvalue weighted by Crippen LogP contribution is -2.49. The Hall–Kier alpha value is -2.62. The molecule has 3 fully saturated rings. The summed E-state index contributed by atoms with van der Waals surface area (Å²) in [5.74, 6) is 1.89. The summed E-state index contributed by atoms with van der Waals surface area (Å²) < 4.78 is 11.2. The number of piperidine rings is 1. The van der Waals surface area contributed by atoms with Crippen LogP contribution in [0, 0.1) is 17.2 Å². The summed E-state index contributed by atoms with van der Waals surface area (Å²) in [6.45, 7) is 3.54. The number of methoxy groups -OCH3 is 1. The van der Waals surface area contributed by atoms with Gasteiger partial charge < -0.3 is 14.1 Å². The summed E-state index contributed by atoms with van der Waals surface area (Å²) in [6.07, 6.45) is 2.01. The fourth-order valence-corrected chi connectivity index (χ4v) is 4.37. The van der Waals surface area contributed by atoms with Gasteiger partial charge in [0, 0.05) is 38.3 Å². The van der Waals surface area contributed by atoms with Crippen molar-refractivity contribution in [2.45, 2.75) is 25.4 Å². The van der Waals surface area contributed by atoms with Crippen LogP contribution in [-0.2, 0) is 16.1 Å². The first-order valence-corrected chi connectivity index (χ1v) is 9.79. The SMILES string of the molecule is COCCN1C(=O)[C@H]2CC[C@@H]1CN(Cc1ccc(-c3ccccc3C#N)o1)C2. The van der Waals surface area contributed by atoms with Crippen molar-refractivity contribution < 1.29 is 13.9 Å². The minimum atomic E-state index is 0.0596. The van der Waals surface area contributed by atoms with Crippen LogP contribution in [0.5, 0.6) is 0 Å². The van der Waals surface area contributed by atoms with E-state index in [4.69, 9.17) is 9.15 Å². The molecule has 0 spiro atoms. The van der Waals surface area contributed by atoms with Crippen LogP contribution in [-0.4, -0.2) is 55.1 Å². The Morgan fingerprint density at radius 2 is 2.07 bits per heavy atom. The number of nitriles is 1. The molecule has 4 heterocycles. The standard InChI is InChI=1S/C22H25N3O3/c1-27-11-10-25-18-7-6-17(22(25)26)13-24(14-18)15-19-8-9-21(28-19)20-5-3-2-4-16(20)12-23/h2-5,8-9,17-18H,6-7,10-11,13-15H2,1H3/t17-,18+/m0/s1. The molecule has 2 bridgehead atoms. The second-order valence-electron chi connectivity index (χ2n) is 7.57. The third-order valence-electron chi connectivity index (χ3n) is 5.76. The quantitative estimate of drug-likeness (QED) is 0.772. The summed E-state index contributed by atoms with van der Waals surface area (Å²) in [7, 11) is 1.67. The van der Waals surface area contributed by atoms with Gasteiger partial charge in [-0.05, 0) is 37.1 Å². The highest BCUT2D eigenvalue weighted by molar-refractivity contribution is 5.80. The summed E-state index contributed by atoms with van der Waals surface area (Å²) >= 11 is 0. The van der Waals surface area contributed by atoms with E-state index in [2.05, 4.69) is 11.0 Å². The lowest BCUT2D eigenvalue weighted by molar-refractivity contribution is -0.140. The molecule has 1 amide bonds. The molecule has 5 rings (SSSR count). The van der Waals surface area contributed by atoms with E-state index in [1.165, 1.54) is 0 Å². The van der Waals surface area contributed by atoms with Crippen LogP contribution in [0.15, 0.2) is 40.8 Å². The van der Waals surface area contributed by atoms with E-state index in [1.54, 1.807) is 13.2 Å². The molecule has 1 aromatic heterocycles. The predicted octanol–water partition coefficient (Wildman–Crippen LogP) is 2.89. The largest absolute Gasteiger partial charge is 0.460 e. The molecule has 2 aromatic rings. The monoisotopic (exact) mass is 379 g/mol. The third kappa shape index (κ3) is 3.68. The van der Waals surface area contributed by atoms with Crippen LogP contribution in [0.3, 0.4) is 0 Å². The lowest BCUT2D eigenvalue weighted by Gasteiger charge is -2.35. The molecule has 6 nitrogen and oxygen atoms in total. The minimum Gasteiger partial charge on any atom is -0.460 e. The second-order valence-corrected chi connectivity index (χ2v) is 7.57. The maximum Gasteiger partial charge on any atom is 0.227 e. The van der Waals surface area contributed by atoms with Crippen LogP contribution in [0.2, 0.25) is 0 Å². The zero-order valence-electron chi connectivity index (χ0n) is 16.1. The van der Waals surface area contributed by atoms with Crippen molar-refractivity contribution in [3.05, 3.63) is 47.7 Å². The van der Waals surface area contributed by atoms with E-state index in [-0.39, 0.29) is 17.9 Å². The molecule has 3 aliphatic heterocycles. The van der Waals surface area contributed by atoms with Crippen molar-refractivity contribution in [1.82, 2.24) is 9.80 Å². The van der Waals surface area contributed by atoms with Crippen LogP contribution in [0.4, 0.5) is 0 Å². The van der Waals surface area contributed by atoms with Crippen LogP contribution >= 0.6 is 0 Å². The number of benzene rings is 1. The molecule has 3 saturated heterocycles. The zero-order chi connectivity index (χ0) is 19.5. The Bertz CT molecular complexity index is 885. The maximum atomic E-state index is 12.8. The molecular formula is C22H25N3O3. The Morgan fingerprint density at radius 1 is 1.21 bits per heavy atom. The predicted molar refractivity (Wildman–Crippen MR) is 104 cm³/mol. The lowest BCUT2D eigenvalue weighted by atomic mass is 9.94. The first-order valence-electron chi connectivity index (χ1n) is 9.79. The number of hydrogen-bond acceptors (Lipinski definition) is 5. The molecule has 2 atom stereocenters. The van der Waals surface area contributed by atoms with Gasteiger partial charge in [-0.2, -0.15) is 5.26 Å². The Labute approximate surface area is 165 Å². The topological polar surface area (TPSA) is 69.7 Å². The summed E-state index contributed by atoms with van der Waals surface area (Å²) in [5, 5.41) is 9.31. The second kappa shape index (κ2) is 8.17. The highest BCUT2D eigenvalue weighted by atomic mass is 16.5. The van der Waals surface area contributed by atoms with Gasteiger partial charge in [-0.25, -0.2) is 0 Å². The number of rotatable bonds is 6. The van der Waals surface area contributed by atoms with E-state index >= 15 is 0 Å². The Balaban J connectivity index is 1.48. The third-order valence-corrected chi connectivity index (χ3v) is 5.76. The summed E-state index contributed by atoms with van der Waals surface area (Å²) in [4.78, 5) is 17.1. The summed E-state index contributed by atoms with van der Waals surface area (Å²) in [5.41, 5.74) is 1.42. The number of hydrogen-bond donors (Lipinski definition) is 0. The van der Waals surface area contributed by atoms with Crippen molar-refractivity contribution in [3.8, 4) is 17.4 Å². The highest BCUT2D eigenvalue weighted by Crippen LogP contribution is 2.31. The molecule has 146 valence electrons. The molecule has 0 radical (unpaired) electrons. The molecule has 1 aromatic carbocycles. The molecule has 6 heteroatoms. The van der Waals surface area contributed by atoms with E-state index in [0.29, 0.717) is 31.0 Å². The van der Waals surface area contributed by atoms with Crippen molar-refractivity contribution in [2.24, 2.45) is 5.92 Å². The van der Waals surface area contributed by atoms with Crippen molar-refractivity contribution in [1.29, 1.82) is 5.26 Å². The Morgan fingerprint density at radius 3 is 2.89 bits per heavy atom. The fourth-order valence-electron chi connectivity index (χ4n) is 4.37. The van der Waals surface area contributed by atoms with Crippen molar-refractivity contribution in [3.63, 3.8) is 0 Å². The number of furan rings is 1. The van der Waals surface area contributed by atoms with E-state index in [9.17, 15) is 10.1 Å². The normalized spacial score (nSPS) is 22.3. The molecule has 28 heavy (non-hydrogen) atoms. The van der Waals surface area contributed by atoms with Crippen molar-refractivity contribution >= 4 is 5.91 Å². The number of carbonyl (C=O) groups excluding carboxylic acids is 1. The first-order chi connectivity index (χ1) is 13.7. The average Bonchev–Trinajstić information content (AvgIpc) is 3.02. The molecule has 0 N–H and O–H groups in total. The number of fused-ring (bicyclic) bond motifs is 4. The molecule has 0 aliphatic carbocycles.